The van der Waals surface area contributed by atoms with Crippen molar-refractivity contribution in [3.05, 3.63) is 64.6 Å². The van der Waals surface area contributed by atoms with E-state index in [2.05, 4.69) is 20.0 Å². The molecule has 0 bridgehead atoms. The molecule has 4 rings (SSSR count). The normalized spacial score (nSPS) is 14.3. The van der Waals surface area contributed by atoms with E-state index in [1.54, 1.807) is 35.2 Å². The van der Waals surface area contributed by atoms with E-state index in [-0.39, 0.29) is 50.8 Å². The summed E-state index contributed by atoms with van der Waals surface area (Å²) in [4.78, 5) is 36.3. The highest BCUT2D eigenvalue weighted by Crippen LogP contribution is 2.39. The topological polar surface area (TPSA) is 149 Å². The number of halogens is 1. The fraction of sp³-hybridized carbons (Fsp3) is 0.471. The Labute approximate surface area is 287 Å². The number of hydrogen-bond donors (Lipinski definition) is 2. The maximum Gasteiger partial charge on any atom is 0.410 e. The third-order valence-corrected chi connectivity index (χ3v) is 8.48. The lowest BCUT2D eigenvalue weighted by Gasteiger charge is -2.33. The summed E-state index contributed by atoms with van der Waals surface area (Å²) in [5.41, 5.74) is 1.39. The summed E-state index contributed by atoms with van der Waals surface area (Å²) in [6, 6.07) is 9.78. The lowest BCUT2D eigenvalue weighted by Crippen LogP contribution is -2.42. The van der Waals surface area contributed by atoms with Gasteiger partial charge >= 0.3 is 6.09 Å². The van der Waals surface area contributed by atoms with E-state index in [1.165, 1.54) is 19.5 Å². The van der Waals surface area contributed by atoms with E-state index in [0.717, 1.165) is 30.4 Å². The van der Waals surface area contributed by atoms with Crippen LogP contribution >= 0.6 is 11.6 Å². The Hall–Kier alpha value is -4.10. The summed E-state index contributed by atoms with van der Waals surface area (Å²) in [7, 11) is -2.24. The molecule has 0 saturated carbocycles. The number of anilines is 2. The molecular weight excluding hydrogens is 658 g/mol. The molecule has 0 atom stereocenters. The average Bonchev–Trinajstić information content (AvgIpc) is 2.96. The van der Waals surface area contributed by atoms with Crippen molar-refractivity contribution in [3.63, 3.8) is 0 Å². The smallest absolute Gasteiger partial charge is 0.410 e. The number of rotatable bonds is 9. The molecule has 48 heavy (non-hydrogen) atoms. The Morgan fingerprint density at radius 1 is 1.00 bits per heavy atom. The summed E-state index contributed by atoms with van der Waals surface area (Å²) < 4.78 is 43.7. The van der Waals surface area contributed by atoms with Crippen LogP contribution in [0.5, 0.6) is 17.4 Å². The quantitative estimate of drug-likeness (QED) is 0.240. The highest BCUT2D eigenvalue weighted by molar-refractivity contribution is 7.92. The van der Waals surface area contributed by atoms with E-state index >= 15 is 0 Å². The van der Waals surface area contributed by atoms with Crippen molar-refractivity contribution in [3.8, 4) is 17.4 Å². The van der Waals surface area contributed by atoms with Gasteiger partial charge in [0.1, 0.15) is 17.7 Å². The van der Waals surface area contributed by atoms with Gasteiger partial charge in [0.25, 0.3) is 5.91 Å². The Bertz CT molecular complexity index is 1760. The second-order valence-corrected chi connectivity index (χ2v) is 16.0. The second kappa shape index (κ2) is 14.6. The van der Waals surface area contributed by atoms with E-state index in [0.29, 0.717) is 25.4 Å². The number of ether oxygens (including phenoxy) is 3. The first-order valence-corrected chi connectivity index (χ1v) is 17.9. The molecule has 0 aliphatic carbocycles. The van der Waals surface area contributed by atoms with Gasteiger partial charge in [-0.15, -0.1) is 0 Å². The van der Waals surface area contributed by atoms with E-state index in [4.69, 9.17) is 25.8 Å². The molecule has 12 nitrogen and oxygen atoms in total. The van der Waals surface area contributed by atoms with E-state index < -0.39 is 21.5 Å². The first-order valence-electron chi connectivity index (χ1n) is 15.6. The number of carbonyl (C=O) groups excluding carboxylic acids is 2. The largest absolute Gasteiger partial charge is 0.492 e. The monoisotopic (exact) mass is 701 g/mol. The number of sulfonamides is 1. The van der Waals surface area contributed by atoms with Crippen LogP contribution in [0.1, 0.15) is 76.0 Å². The molecule has 0 unspecified atom stereocenters. The number of amides is 2. The Balaban J connectivity index is 1.48. The zero-order chi connectivity index (χ0) is 35.4. The number of nitrogens with one attached hydrogen (secondary N) is 2. The van der Waals surface area contributed by atoms with Gasteiger partial charge in [0.2, 0.25) is 15.9 Å². The van der Waals surface area contributed by atoms with Gasteiger partial charge in [-0.25, -0.2) is 23.2 Å². The number of benzene rings is 2. The third-order valence-electron chi connectivity index (χ3n) is 7.57. The summed E-state index contributed by atoms with van der Waals surface area (Å²) in [6.45, 7) is 12.7. The zero-order valence-electron chi connectivity index (χ0n) is 28.6. The summed E-state index contributed by atoms with van der Waals surface area (Å²) >= 11 is 6.46. The minimum absolute atomic E-state index is 0.163. The van der Waals surface area contributed by atoms with Crippen LogP contribution in [0.4, 0.5) is 16.2 Å². The van der Waals surface area contributed by atoms with Crippen LogP contribution in [0.2, 0.25) is 5.02 Å². The molecule has 1 aliphatic heterocycles. The van der Waals surface area contributed by atoms with Crippen molar-refractivity contribution < 1.29 is 32.2 Å². The number of likely N-dealkylation sites (tertiary alicyclic amines) is 1. The minimum atomic E-state index is -3.64. The van der Waals surface area contributed by atoms with Gasteiger partial charge in [-0.2, -0.15) is 0 Å². The molecule has 14 heteroatoms. The molecule has 1 fully saturated rings. The van der Waals surface area contributed by atoms with E-state index in [9.17, 15) is 18.0 Å². The molecule has 1 saturated heterocycles. The minimum Gasteiger partial charge on any atom is -0.492 e. The molecule has 3 aromatic rings. The van der Waals surface area contributed by atoms with Crippen molar-refractivity contribution in [2.24, 2.45) is 5.92 Å². The van der Waals surface area contributed by atoms with Crippen LogP contribution in [0.25, 0.3) is 0 Å². The molecule has 0 radical (unpaired) electrons. The van der Waals surface area contributed by atoms with Crippen molar-refractivity contribution in [1.82, 2.24) is 14.9 Å². The van der Waals surface area contributed by atoms with Gasteiger partial charge in [-0.1, -0.05) is 32.4 Å². The molecule has 1 aliphatic rings. The van der Waals surface area contributed by atoms with Crippen molar-refractivity contribution in [2.75, 3.05) is 36.5 Å². The Morgan fingerprint density at radius 2 is 1.67 bits per heavy atom. The van der Waals surface area contributed by atoms with Gasteiger partial charge in [0, 0.05) is 30.4 Å². The SMILES string of the molecule is COc1c(NC(=O)c2ccc(Cl)c(Oc3cc(CC4CCN(C(=O)OC(C)(C)C)CC4)ncn3)c2)cc(C(C)(C)C)cc1NS(C)(=O)=O. The lowest BCUT2D eigenvalue weighted by molar-refractivity contribution is 0.0184. The number of piperidine rings is 1. The fourth-order valence-electron chi connectivity index (χ4n) is 5.17. The predicted molar refractivity (Wildman–Crippen MR) is 186 cm³/mol. The van der Waals surface area contributed by atoms with Crippen LogP contribution in [0.15, 0.2) is 42.7 Å². The highest BCUT2D eigenvalue weighted by Gasteiger charge is 2.27. The van der Waals surface area contributed by atoms with Crippen molar-refractivity contribution in [1.29, 1.82) is 0 Å². The van der Waals surface area contributed by atoms with Crippen molar-refractivity contribution >= 4 is 45.0 Å². The fourth-order valence-corrected chi connectivity index (χ4v) is 5.87. The second-order valence-electron chi connectivity index (χ2n) is 13.9. The molecule has 260 valence electrons. The maximum absolute atomic E-state index is 13.5. The number of nitrogens with zero attached hydrogens (tertiary/aromatic N) is 3. The van der Waals surface area contributed by atoms with E-state index in [1.807, 2.05) is 41.5 Å². The third kappa shape index (κ3) is 10.2. The number of hydrogen-bond acceptors (Lipinski definition) is 9. The first kappa shape index (κ1) is 36.7. The number of aromatic nitrogens is 2. The van der Waals surface area contributed by atoms with Gasteiger partial charge in [0.05, 0.1) is 29.8 Å². The summed E-state index contributed by atoms with van der Waals surface area (Å²) in [6.07, 6.45) is 4.49. The lowest BCUT2D eigenvalue weighted by atomic mass is 9.86. The molecule has 2 amide bonds. The predicted octanol–water partition coefficient (Wildman–Crippen LogP) is 7.04. The molecular formula is C34H44ClN5O7S. The molecule has 0 spiro atoms. The van der Waals surface area contributed by atoms with Gasteiger partial charge in [0.15, 0.2) is 5.75 Å². The van der Waals surface area contributed by atoms with Crippen LogP contribution in [0, 0.1) is 5.92 Å². The van der Waals surface area contributed by atoms with Gasteiger partial charge in [-0.3, -0.25) is 9.52 Å². The number of carbonyl (C=O) groups is 2. The zero-order valence-corrected chi connectivity index (χ0v) is 30.2. The van der Waals surface area contributed by atoms with Crippen LogP contribution in [-0.2, 0) is 26.6 Å². The molecule has 2 heterocycles. The maximum atomic E-state index is 13.5. The standard InChI is InChI=1S/C34H44ClN5O7S/c1-33(2,3)23-17-26(30(45-7)27(18-23)39-48(8,43)44)38-31(41)22-9-10-25(35)28(16-22)46-29-19-24(36-20-37-29)15-21-11-13-40(14-12-21)32(42)47-34(4,5)6/h9-10,16-21,39H,11-15H2,1-8H3,(H,38,41). The van der Waals surface area contributed by atoms with Crippen molar-refractivity contribution in [2.45, 2.75) is 71.8 Å². The summed E-state index contributed by atoms with van der Waals surface area (Å²) in [5, 5.41) is 3.12. The molecule has 2 aromatic carbocycles. The van der Waals surface area contributed by atoms with Gasteiger partial charge < -0.3 is 24.4 Å². The van der Waals surface area contributed by atoms with Gasteiger partial charge in [-0.05, 0) is 87.3 Å². The number of methoxy groups -OCH3 is 1. The highest BCUT2D eigenvalue weighted by atomic mass is 35.5. The van der Waals surface area contributed by atoms with Crippen LogP contribution in [-0.4, -0.2) is 67.3 Å². The summed E-state index contributed by atoms with van der Waals surface area (Å²) in [5.74, 6) is 0.476. The molecule has 2 N–H and O–H groups in total. The van der Waals surface area contributed by atoms with Crippen LogP contribution < -0.4 is 19.5 Å². The Kier molecular flexibility index (Phi) is 11.1. The average molecular weight is 702 g/mol. The molecule has 1 aromatic heterocycles. The van der Waals surface area contributed by atoms with Crippen LogP contribution in [0.3, 0.4) is 0 Å². The Morgan fingerprint density at radius 3 is 2.27 bits per heavy atom. The first-order chi connectivity index (χ1) is 22.3.